The van der Waals surface area contributed by atoms with Crippen molar-refractivity contribution in [3.8, 4) is 0 Å². The van der Waals surface area contributed by atoms with Gasteiger partial charge >= 0.3 is 0 Å². The van der Waals surface area contributed by atoms with E-state index in [-0.39, 0.29) is 0 Å². The van der Waals surface area contributed by atoms with Gasteiger partial charge in [0.2, 0.25) is 0 Å². The van der Waals surface area contributed by atoms with Crippen LogP contribution >= 0.6 is 11.8 Å². The van der Waals surface area contributed by atoms with Gasteiger partial charge in [0.1, 0.15) is 5.50 Å². The van der Waals surface area contributed by atoms with Gasteiger partial charge < -0.3 is 15.5 Å². The molecule has 3 aliphatic rings. The molecule has 2 aromatic carbocycles. The molecule has 0 aliphatic carbocycles. The molecule has 5 heteroatoms. The molecule has 0 bridgehead atoms. The second kappa shape index (κ2) is 17.6. The van der Waals surface area contributed by atoms with E-state index in [0.717, 1.165) is 31.2 Å². The maximum atomic E-state index is 3.89. The molecular formula is C37H56N4S. The van der Waals surface area contributed by atoms with Crippen molar-refractivity contribution in [3.05, 3.63) is 101 Å². The van der Waals surface area contributed by atoms with Gasteiger partial charge in [0, 0.05) is 43.0 Å². The summed E-state index contributed by atoms with van der Waals surface area (Å²) >= 11 is 1.93. The maximum absolute atomic E-state index is 3.89. The number of anilines is 1. The fourth-order valence-corrected chi connectivity index (χ4v) is 6.97. The Morgan fingerprint density at radius 2 is 1.62 bits per heavy atom. The number of benzene rings is 2. The average Bonchev–Trinajstić information content (AvgIpc) is 3.39. The highest BCUT2D eigenvalue weighted by Gasteiger charge is 2.35. The highest BCUT2D eigenvalue weighted by atomic mass is 32.2. The lowest BCUT2D eigenvalue weighted by Crippen LogP contribution is -2.54. The lowest BCUT2D eigenvalue weighted by molar-refractivity contribution is 0.0814. The Hall–Kier alpha value is -2.47. The second-order valence-electron chi connectivity index (χ2n) is 11.7. The Morgan fingerprint density at radius 1 is 0.976 bits per heavy atom. The Morgan fingerprint density at radius 3 is 2.17 bits per heavy atom. The predicted octanol–water partition coefficient (Wildman–Crippen LogP) is 8.13. The molecule has 0 spiro atoms. The first kappa shape index (κ1) is 34.0. The minimum absolute atomic E-state index is 0.409. The summed E-state index contributed by atoms with van der Waals surface area (Å²) in [6, 6.07) is 16.3. The molecule has 230 valence electrons. The van der Waals surface area contributed by atoms with Crippen LogP contribution in [0.15, 0.2) is 78.4 Å². The van der Waals surface area contributed by atoms with Crippen LogP contribution in [0.3, 0.4) is 0 Å². The zero-order valence-corrected chi connectivity index (χ0v) is 28.0. The molecule has 5 rings (SSSR count). The Bertz CT molecular complexity index is 1140. The van der Waals surface area contributed by atoms with Crippen LogP contribution in [0.5, 0.6) is 0 Å². The summed E-state index contributed by atoms with van der Waals surface area (Å²) in [5.74, 6) is 1.55. The van der Waals surface area contributed by atoms with Crippen molar-refractivity contribution in [3.63, 3.8) is 0 Å². The first-order valence-electron chi connectivity index (χ1n) is 16.1. The molecule has 0 amide bonds. The van der Waals surface area contributed by atoms with Crippen LogP contribution in [0.2, 0.25) is 0 Å². The van der Waals surface area contributed by atoms with Crippen LogP contribution in [-0.4, -0.2) is 50.2 Å². The zero-order chi connectivity index (χ0) is 30.5. The van der Waals surface area contributed by atoms with E-state index >= 15 is 0 Å². The van der Waals surface area contributed by atoms with Gasteiger partial charge in [-0.3, -0.25) is 4.90 Å². The van der Waals surface area contributed by atoms with Crippen LogP contribution in [0.4, 0.5) is 5.69 Å². The zero-order valence-electron chi connectivity index (χ0n) is 27.2. The van der Waals surface area contributed by atoms with Crippen LogP contribution < -0.4 is 15.5 Å². The molecular weight excluding hydrogens is 533 g/mol. The average molecular weight is 589 g/mol. The fraction of sp³-hybridized carbons (Fsp3) is 0.514. The minimum atomic E-state index is 0.409. The predicted molar refractivity (Wildman–Crippen MR) is 187 cm³/mol. The minimum Gasteiger partial charge on any atom is -0.375 e. The second-order valence-corrected chi connectivity index (χ2v) is 13.0. The van der Waals surface area contributed by atoms with Gasteiger partial charge in [0.25, 0.3) is 0 Å². The van der Waals surface area contributed by atoms with Crippen LogP contribution in [0, 0.1) is 5.92 Å². The number of nitrogens with zero attached hydrogens (tertiary/aromatic N) is 2. The van der Waals surface area contributed by atoms with E-state index in [1.807, 2.05) is 24.8 Å². The molecule has 42 heavy (non-hydrogen) atoms. The first-order valence-corrected chi connectivity index (χ1v) is 16.9. The monoisotopic (exact) mass is 588 g/mol. The topological polar surface area (TPSA) is 30.5 Å². The van der Waals surface area contributed by atoms with Crippen LogP contribution in [-0.2, 0) is 19.3 Å². The summed E-state index contributed by atoms with van der Waals surface area (Å²) in [7, 11) is 2.16. The van der Waals surface area contributed by atoms with Gasteiger partial charge in [-0.05, 0) is 112 Å². The van der Waals surface area contributed by atoms with E-state index in [9.17, 15) is 0 Å². The third-order valence-corrected chi connectivity index (χ3v) is 9.82. The van der Waals surface area contributed by atoms with Crippen molar-refractivity contribution >= 4 is 17.4 Å². The third kappa shape index (κ3) is 9.52. The Balaban J connectivity index is 0.000000242. The van der Waals surface area contributed by atoms with Crippen molar-refractivity contribution < 1.29 is 0 Å². The van der Waals surface area contributed by atoms with Crippen molar-refractivity contribution in [1.29, 1.82) is 0 Å². The lowest BCUT2D eigenvalue weighted by Gasteiger charge is -2.43. The SMILES string of the molecule is C=CC.C=CC1=C(C)SC(N2CC(Cc3ccc(C4CCNCC4)cc3)C2)N1.CCc1ccc(CC)c(N(C)CC)c1. The molecule has 2 saturated heterocycles. The number of thioether (sulfide) groups is 1. The molecule has 3 aliphatic heterocycles. The Kier molecular flexibility index (Phi) is 14.3. The van der Waals surface area contributed by atoms with E-state index < -0.39 is 0 Å². The number of allylic oxidation sites excluding steroid dienone is 3. The van der Waals surface area contributed by atoms with E-state index in [1.54, 1.807) is 6.08 Å². The van der Waals surface area contributed by atoms with E-state index in [0.29, 0.717) is 5.50 Å². The quantitative estimate of drug-likeness (QED) is 0.289. The normalized spacial score (nSPS) is 19.0. The standard InChI is InChI=1S/C21H29N3S.C13H21N.C3H6/c1-3-20-15(2)25-21(23-20)24-13-17(14-24)12-16-4-6-18(7-5-16)19-8-10-22-11-9-19;1-5-11-8-9-12(6-2)13(10-11)14(4)7-3;1-3-2/h3-7,17,19,21-23H,1,8-14H2,2H3;8-10H,5-7H2,1-4H3;3H,1H2,2H3. The van der Waals surface area contributed by atoms with Crippen molar-refractivity contribution in [2.75, 3.05) is 44.7 Å². The third-order valence-electron chi connectivity index (χ3n) is 8.61. The van der Waals surface area contributed by atoms with E-state index in [1.165, 1.54) is 84.0 Å². The van der Waals surface area contributed by atoms with Crippen LogP contribution in [0.1, 0.15) is 75.6 Å². The van der Waals surface area contributed by atoms with Crippen molar-refractivity contribution in [2.45, 2.75) is 78.1 Å². The van der Waals surface area contributed by atoms with Gasteiger partial charge in [-0.1, -0.05) is 74.7 Å². The smallest absolute Gasteiger partial charge is 0.132 e. The maximum Gasteiger partial charge on any atom is 0.132 e. The number of hydrogen-bond acceptors (Lipinski definition) is 5. The summed E-state index contributed by atoms with van der Waals surface area (Å²) in [5, 5.41) is 7.02. The molecule has 0 saturated carbocycles. The molecule has 1 atom stereocenters. The Labute approximate surface area is 261 Å². The van der Waals surface area contributed by atoms with Crippen LogP contribution in [0.25, 0.3) is 0 Å². The molecule has 2 aromatic rings. The van der Waals surface area contributed by atoms with E-state index in [2.05, 4.69) is 111 Å². The summed E-state index contributed by atoms with van der Waals surface area (Å²) in [6.07, 6.45) is 9.69. The molecule has 1 unspecified atom stereocenters. The van der Waals surface area contributed by atoms with E-state index in [4.69, 9.17) is 0 Å². The summed E-state index contributed by atoms with van der Waals surface area (Å²) in [4.78, 5) is 6.22. The van der Waals surface area contributed by atoms with Gasteiger partial charge in [-0.25, -0.2) is 0 Å². The molecule has 0 aromatic heterocycles. The summed E-state index contributed by atoms with van der Waals surface area (Å²) < 4.78 is 0. The van der Waals surface area contributed by atoms with Gasteiger partial charge in [-0.15, -0.1) is 6.58 Å². The molecule has 2 N–H and O–H groups in total. The first-order chi connectivity index (χ1) is 20.4. The van der Waals surface area contributed by atoms with Gasteiger partial charge in [0.05, 0.1) is 0 Å². The molecule has 4 nitrogen and oxygen atoms in total. The number of rotatable bonds is 9. The molecule has 3 heterocycles. The number of likely N-dealkylation sites (tertiary alicyclic amines) is 1. The highest BCUT2D eigenvalue weighted by molar-refractivity contribution is 8.03. The number of aryl methyl sites for hydroxylation is 2. The van der Waals surface area contributed by atoms with Gasteiger partial charge in [0.15, 0.2) is 0 Å². The summed E-state index contributed by atoms with van der Waals surface area (Å²) in [5.41, 5.74) is 8.91. The van der Waals surface area contributed by atoms with Crippen molar-refractivity contribution in [2.24, 2.45) is 5.92 Å². The number of nitrogens with one attached hydrogen (secondary N) is 2. The lowest BCUT2D eigenvalue weighted by atomic mass is 9.88. The largest absolute Gasteiger partial charge is 0.375 e. The highest BCUT2D eigenvalue weighted by Crippen LogP contribution is 2.36. The number of hydrogen-bond donors (Lipinski definition) is 2. The fourth-order valence-electron chi connectivity index (χ4n) is 5.86. The molecule has 0 radical (unpaired) electrons. The number of piperidine rings is 1. The molecule has 2 fully saturated rings. The van der Waals surface area contributed by atoms with Gasteiger partial charge in [-0.2, -0.15) is 0 Å². The summed E-state index contributed by atoms with van der Waals surface area (Å²) in [6.45, 7) is 23.7. The van der Waals surface area contributed by atoms with Crippen molar-refractivity contribution in [1.82, 2.24) is 15.5 Å².